The van der Waals surface area contributed by atoms with Gasteiger partial charge in [-0.25, -0.2) is 0 Å². The summed E-state index contributed by atoms with van der Waals surface area (Å²) in [5.41, 5.74) is 0. The summed E-state index contributed by atoms with van der Waals surface area (Å²) in [5.74, 6) is 1.19. The molecular formula is C13H27NS2. The van der Waals surface area contributed by atoms with E-state index in [0.717, 1.165) is 10.9 Å². The van der Waals surface area contributed by atoms with Gasteiger partial charge in [-0.1, -0.05) is 69.9 Å². The van der Waals surface area contributed by atoms with E-state index in [1.165, 1.54) is 50.7 Å². The molecule has 16 heavy (non-hydrogen) atoms. The first-order valence-electron chi connectivity index (χ1n) is 6.60. The lowest BCUT2D eigenvalue weighted by molar-refractivity contribution is 0.518. The largest absolute Gasteiger partial charge is 0.361 e. The van der Waals surface area contributed by atoms with Gasteiger partial charge in [-0.05, 0) is 12.8 Å². The minimum atomic E-state index is 1.07. The second kappa shape index (κ2) is 11.7. The van der Waals surface area contributed by atoms with Crippen LogP contribution in [-0.2, 0) is 0 Å². The molecule has 0 aromatic rings. The van der Waals surface area contributed by atoms with Gasteiger partial charge in [-0.3, -0.25) is 0 Å². The van der Waals surface area contributed by atoms with Crippen LogP contribution in [0.4, 0.5) is 0 Å². The van der Waals surface area contributed by atoms with Gasteiger partial charge in [0.05, 0.1) is 0 Å². The minimum absolute atomic E-state index is 1.07. The van der Waals surface area contributed by atoms with Crippen LogP contribution in [0.1, 0.15) is 58.8 Å². The Kier molecular flexibility index (Phi) is 11.9. The van der Waals surface area contributed by atoms with Gasteiger partial charge in [0, 0.05) is 19.3 Å². The maximum Gasteiger partial charge on any atom is 0.136 e. The third-order valence-electron chi connectivity index (χ3n) is 2.59. The van der Waals surface area contributed by atoms with Crippen molar-refractivity contribution in [1.82, 2.24) is 4.90 Å². The Morgan fingerprint density at radius 2 is 1.62 bits per heavy atom. The molecule has 0 aliphatic heterocycles. The molecule has 0 spiro atoms. The molecule has 0 aliphatic rings. The molecule has 1 nitrogen and oxygen atoms in total. The Labute approximate surface area is 111 Å². The number of thioether (sulfide) groups is 1. The summed E-state index contributed by atoms with van der Waals surface area (Å²) in [7, 11) is 2.10. The average Bonchev–Trinajstić information content (AvgIpc) is 2.28. The SMILES string of the molecule is CCCCCCCCSC(=S)N(C)CCC. The van der Waals surface area contributed by atoms with Crippen molar-refractivity contribution in [2.24, 2.45) is 0 Å². The van der Waals surface area contributed by atoms with Crippen LogP contribution in [0.3, 0.4) is 0 Å². The highest BCUT2D eigenvalue weighted by molar-refractivity contribution is 8.22. The van der Waals surface area contributed by atoms with E-state index < -0.39 is 0 Å². The summed E-state index contributed by atoms with van der Waals surface area (Å²) in [6.07, 6.45) is 9.38. The van der Waals surface area contributed by atoms with Gasteiger partial charge in [0.2, 0.25) is 0 Å². The fourth-order valence-electron chi connectivity index (χ4n) is 1.58. The number of hydrogen-bond donors (Lipinski definition) is 0. The summed E-state index contributed by atoms with van der Waals surface area (Å²) in [6.45, 7) is 5.54. The molecule has 0 aromatic carbocycles. The maximum absolute atomic E-state index is 5.35. The normalized spacial score (nSPS) is 10.4. The molecule has 0 saturated carbocycles. The van der Waals surface area contributed by atoms with Gasteiger partial charge in [-0.15, -0.1) is 0 Å². The first-order valence-corrected chi connectivity index (χ1v) is 7.99. The van der Waals surface area contributed by atoms with Gasteiger partial charge in [0.1, 0.15) is 4.32 Å². The Morgan fingerprint density at radius 3 is 2.25 bits per heavy atom. The minimum Gasteiger partial charge on any atom is -0.361 e. The number of hydrogen-bond acceptors (Lipinski definition) is 2. The van der Waals surface area contributed by atoms with Gasteiger partial charge in [0.25, 0.3) is 0 Å². The van der Waals surface area contributed by atoms with Crippen LogP contribution in [0.5, 0.6) is 0 Å². The highest BCUT2D eigenvalue weighted by atomic mass is 32.2. The van der Waals surface area contributed by atoms with Gasteiger partial charge >= 0.3 is 0 Å². The van der Waals surface area contributed by atoms with Crippen LogP contribution < -0.4 is 0 Å². The van der Waals surface area contributed by atoms with Crippen molar-refractivity contribution in [3.8, 4) is 0 Å². The zero-order chi connectivity index (χ0) is 12.2. The summed E-state index contributed by atoms with van der Waals surface area (Å²) >= 11 is 7.20. The molecule has 0 unspecified atom stereocenters. The summed E-state index contributed by atoms with van der Waals surface area (Å²) < 4.78 is 1.07. The fraction of sp³-hybridized carbons (Fsp3) is 0.923. The van der Waals surface area contributed by atoms with E-state index in [1.54, 1.807) is 0 Å². The Bertz CT molecular complexity index is 171. The lowest BCUT2D eigenvalue weighted by Gasteiger charge is -2.18. The molecule has 0 amide bonds. The van der Waals surface area contributed by atoms with Crippen molar-refractivity contribution in [3.63, 3.8) is 0 Å². The average molecular weight is 262 g/mol. The first-order chi connectivity index (χ1) is 7.72. The molecule has 0 fully saturated rings. The van der Waals surface area contributed by atoms with Crippen molar-refractivity contribution in [1.29, 1.82) is 0 Å². The standard InChI is InChI=1S/C13H27NS2/c1-4-6-7-8-9-10-12-16-13(15)14(3)11-5-2/h4-12H2,1-3H3. The number of rotatable bonds is 9. The summed E-state index contributed by atoms with van der Waals surface area (Å²) in [5, 5.41) is 0. The van der Waals surface area contributed by atoms with Crippen LogP contribution >= 0.6 is 24.0 Å². The third kappa shape index (κ3) is 9.46. The zero-order valence-corrected chi connectivity index (χ0v) is 12.8. The van der Waals surface area contributed by atoms with Gasteiger partial charge in [0.15, 0.2) is 0 Å². The summed E-state index contributed by atoms with van der Waals surface area (Å²) in [4.78, 5) is 2.19. The molecule has 0 aliphatic carbocycles. The number of thiocarbonyl (C=S) groups is 1. The molecule has 0 radical (unpaired) electrons. The van der Waals surface area contributed by atoms with E-state index in [9.17, 15) is 0 Å². The predicted octanol–water partition coefficient (Wildman–Crippen LogP) is 4.71. The van der Waals surface area contributed by atoms with Crippen molar-refractivity contribution < 1.29 is 0 Å². The Balaban J connectivity index is 3.27. The quantitative estimate of drug-likeness (QED) is 0.437. The second-order valence-electron chi connectivity index (χ2n) is 4.30. The van der Waals surface area contributed by atoms with E-state index in [0.29, 0.717) is 0 Å². The molecule has 3 heteroatoms. The monoisotopic (exact) mass is 261 g/mol. The van der Waals surface area contributed by atoms with Crippen LogP contribution in [0.2, 0.25) is 0 Å². The fourth-order valence-corrected chi connectivity index (χ4v) is 2.75. The smallest absolute Gasteiger partial charge is 0.136 e. The molecule has 0 rings (SSSR count). The highest BCUT2D eigenvalue weighted by Gasteiger charge is 2.02. The van der Waals surface area contributed by atoms with E-state index in [2.05, 4.69) is 25.8 Å². The molecule has 0 bridgehead atoms. The van der Waals surface area contributed by atoms with E-state index in [4.69, 9.17) is 12.2 Å². The molecule has 0 heterocycles. The molecule has 96 valence electrons. The molecule has 0 saturated heterocycles. The van der Waals surface area contributed by atoms with Crippen LogP contribution in [0, 0.1) is 0 Å². The van der Waals surface area contributed by atoms with Crippen molar-refractivity contribution >= 4 is 28.3 Å². The van der Waals surface area contributed by atoms with Crippen LogP contribution in [0.15, 0.2) is 0 Å². The highest BCUT2D eigenvalue weighted by Crippen LogP contribution is 2.13. The maximum atomic E-state index is 5.35. The Hall–Kier alpha value is 0.240. The molecule has 0 N–H and O–H groups in total. The predicted molar refractivity (Wildman–Crippen MR) is 81.4 cm³/mol. The van der Waals surface area contributed by atoms with E-state index in [-0.39, 0.29) is 0 Å². The molecule has 0 atom stereocenters. The van der Waals surface area contributed by atoms with E-state index >= 15 is 0 Å². The van der Waals surface area contributed by atoms with Gasteiger partial charge in [-0.2, -0.15) is 0 Å². The molecular weight excluding hydrogens is 234 g/mol. The van der Waals surface area contributed by atoms with Crippen molar-refractivity contribution in [2.45, 2.75) is 58.8 Å². The summed E-state index contributed by atoms with van der Waals surface area (Å²) in [6, 6.07) is 0. The van der Waals surface area contributed by atoms with Crippen molar-refractivity contribution in [3.05, 3.63) is 0 Å². The lowest BCUT2D eigenvalue weighted by atomic mass is 10.1. The Morgan fingerprint density at radius 1 is 1.00 bits per heavy atom. The van der Waals surface area contributed by atoms with Crippen LogP contribution in [-0.4, -0.2) is 28.6 Å². The lowest BCUT2D eigenvalue weighted by Crippen LogP contribution is -2.23. The van der Waals surface area contributed by atoms with Crippen LogP contribution in [0.25, 0.3) is 0 Å². The molecule has 0 aromatic heterocycles. The van der Waals surface area contributed by atoms with Gasteiger partial charge < -0.3 is 4.90 Å². The topological polar surface area (TPSA) is 3.24 Å². The van der Waals surface area contributed by atoms with Crippen molar-refractivity contribution in [2.75, 3.05) is 19.3 Å². The first kappa shape index (κ1) is 16.2. The number of nitrogens with zero attached hydrogens (tertiary/aromatic N) is 1. The second-order valence-corrected chi connectivity index (χ2v) is 6.03. The number of unbranched alkanes of at least 4 members (excludes halogenated alkanes) is 5. The van der Waals surface area contributed by atoms with E-state index in [1.807, 2.05) is 11.8 Å². The zero-order valence-electron chi connectivity index (χ0n) is 11.1. The third-order valence-corrected chi connectivity index (χ3v) is 4.31.